The van der Waals surface area contributed by atoms with Gasteiger partial charge in [0, 0.05) is 17.9 Å². The minimum absolute atomic E-state index is 0.0503. The van der Waals surface area contributed by atoms with Gasteiger partial charge in [0.2, 0.25) is 11.8 Å². The predicted octanol–water partition coefficient (Wildman–Crippen LogP) is -1.38. The summed E-state index contributed by atoms with van der Waals surface area (Å²) in [4.78, 5) is 57.9. The van der Waals surface area contributed by atoms with Crippen LogP contribution >= 0.6 is 11.8 Å². The van der Waals surface area contributed by atoms with E-state index in [1.54, 1.807) is 30.3 Å². The third-order valence-electron chi connectivity index (χ3n) is 4.44. The fraction of sp³-hybridized carbons (Fsp3) is 0.450. The number of nitrogens with two attached hydrogens (primary N) is 2. The molecule has 0 radical (unpaired) electrons. The summed E-state index contributed by atoms with van der Waals surface area (Å²) in [6.07, 6.45) is -0.453. The molecule has 0 aliphatic rings. The molecule has 0 saturated carbocycles. The second-order valence-electron chi connectivity index (χ2n) is 7.17. The van der Waals surface area contributed by atoms with Crippen molar-refractivity contribution in [3.8, 4) is 0 Å². The topological polar surface area (TPSA) is 222 Å². The molecular weight excluding hydrogens is 456 g/mol. The lowest BCUT2D eigenvalue weighted by atomic mass is 10.0. The Bertz CT molecular complexity index is 839. The maximum Gasteiger partial charge on any atom is 0.327 e. The maximum atomic E-state index is 12.3. The first-order valence-corrected chi connectivity index (χ1v) is 11.1. The fourth-order valence-corrected chi connectivity index (χ4v) is 3.59. The molecule has 0 aliphatic heterocycles. The van der Waals surface area contributed by atoms with Gasteiger partial charge < -0.3 is 37.4 Å². The average Bonchev–Trinajstić information content (AvgIpc) is 2.75. The van der Waals surface area contributed by atoms with Crippen LogP contribution in [0.3, 0.4) is 0 Å². The van der Waals surface area contributed by atoms with Gasteiger partial charge >= 0.3 is 17.9 Å². The summed E-state index contributed by atoms with van der Waals surface area (Å²) >= 11 is 0.943. The van der Waals surface area contributed by atoms with Crippen LogP contribution in [0.15, 0.2) is 30.3 Å². The molecule has 9 N–H and O–H groups in total. The van der Waals surface area contributed by atoms with Crippen LogP contribution in [0.25, 0.3) is 0 Å². The largest absolute Gasteiger partial charge is 0.480 e. The van der Waals surface area contributed by atoms with Crippen LogP contribution in [0.2, 0.25) is 0 Å². The van der Waals surface area contributed by atoms with Gasteiger partial charge in [0.05, 0.1) is 6.04 Å². The van der Waals surface area contributed by atoms with Gasteiger partial charge in [-0.25, -0.2) is 9.59 Å². The van der Waals surface area contributed by atoms with E-state index >= 15 is 0 Å². The third-order valence-corrected chi connectivity index (χ3v) is 5.61. The number of thioether (sulfide) groups is 1. The lowest BCUT2D eigenvalue weighted by Crippen LogP contribution is -2.50. The second kappa shape index (κ2) is 14.1. The molecule has 182 valence electrons. The van der Waals surface area contributed by atoms with E-state index in [9.17, 15) is 34.2 Å². The highest BCUT2D eigenvalue weighted by Crippen LogP contribution is 2.07. The van der Waals surface area contributed by atoms with Gasteiger partial charge in [-0.05, 0) is 18.4 Å². The van der Waals surface area contributed by atoms with E-state index in [2.05, 4.69) is 10.6 Å². The van der Waals surface area contributed by atoms with Crippen molar-refractivity contribution in [1.82, 2.24) is 10.6 Å². The number of carbonyl (C=O) groups excluding carboxylic acids is 2. The molecule has 1 rings (SSSR count). The summed E-state index contributed by atoms with van der Waals surface area (Å²) in [7, 11) is 0. The Kier molecular flexibility index (Phi) is 11.9. The van der Waals surface area contributed by atoms with Crippen molar-refractivity contribution >= 4 is 41.5 Å². The van der Waals surface area contributed by atoms with Crippen LogP contribution < -0.4 is 22.1 Å². The maximum absolute atomic E-state index is 12.3. The molecule has 13 heteroatoms. The smallest absolute Gasteiger partial charge is 0.327 e. The summed E-state index contributed by atoms with van der Waals surface area (Å²) < 4.78 is 0. The zero-order chi connectivity index (χ0) is 25.0. The van der Waals surface area contributed by atoms with Crippen molar-refractivity contribution in [3.05, 3.63) is 35.9 Å². The first kappa shape index (κ1) is 27.9. The summed E-state index contributed by atoms with van der Waals surface area (Å²) in [5, 5.41) is 31.8. The highest BCUT2D eigenvalue weighted by atomic mass is 32.2. The number of carboxylic acids is 3. The van der Waals surface area contributed by atoms with E-state index in [0.717, 1.165) is 17.3 Å². The minimum Gasteiger partial charge on any atom is -0.480 e. The van der Waals surface area contributed by atoms with Gasteiger partial charge in [0.15, 0.2) is 0 Å². The Morgan fingerprint density at radius 2 is 1.42 bits per heavy atom. The lowest BCUT2D eigenvalue weighted by Gasteiger charge is -2.19. The molecule has 0 aromatic heterocycles. The molecule has 2 amide bonds. The number of rotatable bonds is 15. The number of benzene rings is 1. The summed E-state index contributed by atoms with van der Waals surface area (Å²) in [6, 6.07) is 4.04. The Balaban J connectivity index is 2.54. The van der Waals surface area contributed by atoms with Gasteiger partial charge in [-0.1, -0.05) is 30.3 Å². The molecule has 0 heterocycles. The van der Waals surface area contributed by atoms with E-state index in [0.29, 0.717) is 0 Å². The number of hydrogen-bond donors (Lipinski definition) is 7. The van der Waals surface area contributed by atoms with Crippen molar-refractivity contribution in [2.45, 2.75) is 43.4 Å². The van der Waals surface area contributed by atoms with Crippen molar-refractivity contribution in [2.75, 3.05) is 11.5 Å². The molecule has 0 spiro atoms. The molecule has 12 nitrogen and oxygen atoms in total. The Hall–Kier alpha value is -3.16. The first-order chi connectivity index (χ1) is 15.5. The Morgan fingerprint density at radius 1 is 0.818 bits per heavy atom. The van der Waals surface area contributed by atoms with Crippen molar-refractivity contribution in [2.24, 2.45) is 11.5 Å². The number of amides is 2. The summed E-state index contributed by atoms with van der Waals surface area (Å²) in [5.74, 6) is -5.55. The average molecular weight is 485 g/mol. The molecular formula is C20H28N4O8S. The van der Waals surface area contributed by atoms with Crippen LogP contribution in [-0.2, 0) is 30.4 Å². The zero-order valence-electron chi connectivity index (χ0n) is 17.7. The normalized spacial score (nSPS) is 14.4. The SMILES string of the molecule is N[C@@H](CSC[C@@H](NC(=O)CC[C@@H](NC(=O)[C@@H](N)Cc1ccccc1)C(=O)O)C(=O)O)C(=O)O. The second-order valence-corrected chi connectivity index (χ2v) is 8.25. The number of carbonyl (C=O) groups is 5. The van der Waals surface area contributed by atoms with Gasteiger partial charge in [-0.2, -0.15) is 11.8 Å². The molecule has 33 heavy (non-hydrogen) atoms. The molecule has 0 bridgehead atoms. The number of hydrogen-bond acceptors (Lipinski definition) is 8. The highest BCUT2D eigenvalue weighted by molar-refractivity contribution is 7.99. The minimum atomic E-state index is -1.39. The van der Waals surface area contributed by atoms with E-state index in [1.165, 1.54) is 0 Å². The van der Waals surface area contributed by atoms with E-state index < -0.39 is 53.9 Å². The zero-order valence-corrected chi connectivity index (χ0v) is 18.5. The molecule has 0 fully saturated rings. The molecule has 0 unspecified atom stereocenters. The molecule has 1 aromatic rings. The fourth-order valence-electron chi connectivity index (χ4n) is 2.60. The highest BCUT2D eigenvalue weighted by Gasteiger charge is 2.26. The third kappa shape index (κ3) is 10.8. The Labute approximate surface area is 194 Å². The van der Waals surface area contributed by atoms with E-state index in [1.807, 2.05) is 0 Å². The van der Waals surface area contributed by atoms with Crippen LogP contribution in [0.5, 0.6) is 0 Å². The van der Waals surface area contributed by atoms with Crippen molar-refractivity contribution < 1.29 is 39.3 Å². The van der Waals surface area contributed by atoms with Gasteiger partial charge in [-0.3, -0.25) is 14.4 Å². The van der Waals surface area contributed by atoms with Gasteiger partial charge in [0.25, 0.3) is 0 Å². The van der Waals surface area contributed by atoms with Crippen molar-refractivity contribution in [3.63, 3.8) is 0 Å². The number of carboxylic acid groups (broad SMARTS) is 3. The number of nitrogens with one attached hydrogen (secondary N) is 2. The van der Waals surface area contributed by atoms with E-state index in [4.69, 9.17) is 16.6 Å². The molecule has 0 aliphatic carbocycles. The monoisotopic (exact) mass is 484 g/mol. The van der Waals surface area contributed by atoms with Crippen LogP contribution in [0, 0.1) is 0 Å². The van der Waals surface area contributed by atoms with Gasteiger partial charge in [0.1, 0.15) is 18.1 Å². The van der Waals surface area contributed by atoms with Gasteiger partial charge in [-0.15, -0.1) is 0 Å². The molecule has 4 atom stereocenters. The summed E-state index contributed by atoms with van der Waals surface area (Å²) in [5.41, 5.74) is 12.0. The first-order valence-electron chi connectivity index (χ1n) is 9.92. The predicted molar refractivity (Wildman–Crippen MR) is 119 cm³/mol. The standard InChI is InChI=1S/C20H28N4O8S/c21-12(8-11-4-2-1-3-5-11)17(26)24-14(19(29)30)6-7-16(25)23-15(20(31)32)10-33-9-13(22)18(27)28/h1-5,12-15H,6-10,21-22H2,(H,23,25)(H,24,26)(H,27,28)(H,29,30)(H,31,32)/t12-,13-,14+,15+/m0/s1. The Morgan fingerprint density at radius 3 is 1.97 bits per heavy atom. The van der Waals surface area contributed by atoms with Crippen molar-refractivity contribution in [1.29, 1.82) is 0 Å². The van der Waals surface area contributed by atoms with Crippen LogP contribution in [-0.4, -0.2) is 80.7 Å². The number of aliphatic carboxylic acids is 3. The summed E-state index contributed by atoms with van der Waals surface area (Å²) in [6.45, 7) is 0. The molecule has 1 aromatic carbocycles. The van der Waals surface area contributed by atoms with Crippen LogP contribution in [0.4, 0.5) is 0 Å². The lowest BCUT2D eigenvalue weighted by molar-refractivity contribution is -0.143. The quantitative estimate of drug-likeness (QED) is 0.154. The van der Waals surface area contributed by atoms with Crippen LogP contribution in [0.1, 0.15) is 18.4 Å². The van der Waals surface area contributed by atoms with E-state index in [-0.39, 0.29) is 30.8 Å². The molecule has 0 saturated heterocycles.